The fourth-order valence-corrected chi connectivity index (χ4v) is 4.16. The number of hydrogen-bond acceptors (Lipinski definition) is 6. The highest BCUT2D eigenvalue weighted by molar-refractivity contribution is 5.96. The standard InChI is InChI=1S/C27H32N4O4/c1-4-6-7-20(5-2)21-8-10-22(11-9-21)31-14-12-19(13-15-31)16-23-29-18(3)26(34)25(30-23)27(35)28-17-24(32)33/h4-11,19,34H,1,12-17H2,2-3H3,(H,28,35)(H,32,33)/b7-6-,20-5+. The second kappa shape index (κ2) is 12.0. The molecule has 8 nitrogen and oxygen atoms in total. The van der Waals surface area contributed by atoms with Gasteiger partial charge in [-0.1, -0.05) is 43.0 Å². The van der Waals surface area contributed by atoms with Gasteiger partial charge in [0, 0.05) is 25.2 Å². The van der Waals surface area contributed by atoms with Crippen LogP contribution in [0.25, 0.3) is 5.57 Å². The van der Waals surface area contributed by atoms with Gasteiger partial charge in [0.25, 0.3) is 5.91 Å². The molecule has 1 aromatic carbocycles. The second-order valence-corrected chi connectivity index (χ2v) is 8.52. The molecule has 1 amide bonds. The number of carbonyl (C=O) groups is 2. The molecule has 1 aromatic heterocycles. The zero-order chi connectivity index (χ0) is 25.4. The number of nitrogens with one attached hydrogen (secondary N) is 1. The molecule has 184 valence electrons. The molecule has 1 fully saturated rings. The van der Waals surface area contributed by atoms with E-state index in [1.165, 1.54) is 5.69 Å². The molecule has 8 heteroatoms. The molecule has 0 bridgehead atoms. The molecule has 3 N–H and O–H groups in total. The predicted molar refractivity (Wildman–Crippen MR) is 136 cm³/mol. The number of benzene rings is 1. The number of aromatic nitrogens is 2. The van der Waals surface area contributed by atoms with E-state index in [4.69, 9.17) is 5.11 Å². The maximum Gasteiger partial charge on any atom is 0.322 e. The first-order chi connectivity index (χ1) is 16.8. The van der Waals surface area contributed by atoms with Crippen LogP contribution in [-0.4, -0.2) is 51.7 Å². The van der Waals surface area contributed by atoms with Gasteiger partial charge in [0.05, 0.1) is 5.69 Å². The van der Waals surface area contributed by atoms with Crippen LogP contribution in [0.5, 0.6) is 5.75 Å². The van der Waals surface area contributed by atoms with E-state index >= 15 is 0 Å². The number of carboxylic acids is 1. The lowest BCUT2D eigenvalue weighted by Crippen LogP contribution is -2.34. The van der Waals surface area contributed by atoms with Gasteiger partial charge in [-0.2, -0.15) is 0 Å². The minimum Gasteiger partial charge on any atom is -0.504 e. The predicted octanol–water partition coefficient (Wildman–Crippen LogP) is 3.91. The van der Waals surface area contributed by atoms with Crippen molar-refractivity contribution in [1.29, 1.82) is 0 Å². The first-order valence-electron chi connectivity index (χ1n) is 11.7. The molecule has 0 spiro atoms. The van der Waals surface area contributed by atoms with Crippen LogP contribution >= 0.6 is 0 Å². The van der Waals surface area contributed by atoms with Gasteiger partial charge in [0.15, 0.2) is 11.4 Å². The molecule has 3 rings (SSSR count). The Bertz CT molecular complexity index is 1130. The van der Waals surface area contributed by atoms with E-state index in [1.807, 2.05) is 19.1 Å². The third kappa shape index (κ3) is 6.79. The van der Waals surface area contributed by atoms with Gasteiger partial charge in [-0.3, -0.25) is 9.59 Å². The number of piperidine rings is 1. The van der Waals surface area contributed by atoms with Crippen molar-refractivity contribution in [3.05, 3.63) is 77.9 Å². The zero-order valence-corrected chi connectivity index (χ0v) is 20.2. The first kappa shape index (κ1) is 25.7. The molecular weight excluding hydrogens is 444 g/mol. The van der Waals surface area contributed by atoms with Crippen LogP contribution in [0.2, 0.25) is 0 Å². The Kier molecular flexibility index (Phi) is 8.78. The summed E-state index contributed by atoms with van der Waals surface area (Å²) in [5.74, 6) is -1.39. The molecule has 1 aliphatic rings. The Morgan fingerprint density at radius 3 is 2.49 bits per heavy atom. The summed E-state index contributed by atoms with van der Waals surface area (Å²) < 4.78 is 0. The maximum atomic E-state index is 12.3. The van der Waals surface area contributed by atoms with Crippen molar-refractivity contribution in [2.24, 2.45) is 5.92 Å². The van der Waals surface area contributed by atoms with Crippen LogP contribution in [0.15, 0.2) is 55.1 Å². The van der Waals surface area contributed by atoms with Crippen molar-refractivity contribution >= 4 is 23.1 Å². The van der Waals surface area contributed by atoms with Crippen LogP contribution in [0, 0.1) is 12.8 Å². The first-order valence-corrected chi connectivity index (χ1v) is 11.7. The average molecular weight is 477 g/mol. The Morgan fingerprint density at radius 1 is 1.20 bits per heavy atom. The number of aliphatic carboxylic acids is 1. The maximum absolute atomic E-state index is 12.3. The summed E-state index contributed by atoms with van der Waals surface area (Å²) in [6.45, 7) is 8.61. The number of nitrogens with zero attached hydrogens (tertiary/aromatic N) is 3. The molecule has 0 unspecified atom stereocenters. The second-order valence-electron chi connectivity index (χ2n) is 8.52. The van der Waals surface area contributed by atoms with E-state index in [1.54, 1.807) is 13.0 Å². The lowest BCUT2D eigenvalue weighted by molar-refractivity contribution is -0.135. The third-order valence-electron chi connectivity index (χ3n) is 6.09. The summed E-state index contributed by atoms with van der Waals surface area (Å²) in [6.07, 6.45) is 10.3. The van der Waals surface area contributed by atoms with Crippen LogP contribution in [0.3, 0.4) is 0 Å². The van der Waals surface area contributed by atoms with E-state index in [2.05, 4.69) is 57.1 Å². The quantitative estimate of drug-likeness (QED) is 0.470. The Balaban J connectivity index is 1.61. The number of aryl methyl sites for hydroxylation is 1. The Morgan fingerprint density at radius 2 is 1.89 bits per heavy atom. The van der Waals surface area contributed by atoms with Gasteiger partial charge in [-0.25, -0.2) is 9.97 Å². The van der Waals surface area contributed by atoms with Gasteiger partial charge in [-0.15, -0.1) is 0 Å². The topological polar surface area (TPSA) is 116 Å². The summed E-state index contributed by atoms with van der Waals surface area (Å²) in [5, 5.41) is 21.2. The van der Waals surface area contributed by atoms with Crippen molar-refractivity contribution in [1.82, 2.24) is 15.3 Å². The van der Waals surface area contributed by atoms with Crippen LogP contribution in [0.1, 0.15) is 47.3 Å². The van der Waals surface area contributed by atoms with Crippen LogP contribution in [0.4, 0.5) is 5.69 Å². The van der Waals surface area contributed by atoms with Crippen LogP contribution in [-0.2, 0) is 11.2 Å². The minimum atomic E-state index is -1.17. The van der Waals surface area contributed by atoms with E-state index in [0.29, 0.717) is 23.9 Å². The highest BCUT2D eigenvalue weighted by Crippen LogP contribution is 2.28. The number of carbonyl (C=O) groups excluding carboxylic acids is 1. The molecular formula is C27H32N4O4. The number of anilines is 1. The molecule has 0 saturated carbocycles. The summed E-state index contributed by atoms with van der Waals surface area (Å²) >= 11 is 0. The van der Waals surface area contributed by atoms with E-state index < -0.39 is 18.4 Å². The van der Waals surface area contributed by atoms with E-state index in [0.717, 1.165) is 37.1 Å². The number of hydrogen-bond donors (Lipinski definition) is 3. The highest BCUT2D eigenvalue weighted by Gasteiger charge is 2.23. The number of rotatable bonds is 9. The summed E-state index contributed by atoms with van der Waals surface area (Å²) in [6, 6.07) is 8.56. The van der Waals surface area contributed by atoms with Gasteiger partial charge in [0.1, 0.15) is 12.4 Å². The monoisotopic (exact) mass is 476 g/mol. The van der Waals surface area contributed by atoms with Crippen molar-refractivity contribution in [2.45, 2.75) is 33.1 Å². The minimum absolute atomic E-state index is 0.185. The summed E-state index contributed by atoms with van der Waals surface area (Å²) in [4.78, 5) is 33.9. The largest absolute Gasteiger partial charge is 0.504 e. The highest BCUT2D eigenvalue weighted by atomic mass is 16.4. The zero-order valence-electron chi connectivity index (χ0n) is 20.2. The fraction of sp³-hybridized carbons (Fsp3) is 0.333. The van der Waals surface area contributed by atoms with E-state index in [9.17, 15) is 14.7 Å². The molecule has 35 heavy (non-hydrogen) atoms. The molecule has 2 aromatic rings. The molecule has 2 heterocycles. The van der Waals surface area contributed by atoms with Crippen molar-refractivity contribution in [2.75, 3.05) is 24.5 Å². The van der Waals surface area contributed by atoms with Gasteiger partial charge in [0.2, 0.25) is 0 Å². The Hall–Kier alpha value is -3.94. The number of allylic oxidation sites excluding steroid dienone is 5. The molecule has 0 atom stereocenters. The number of carboxylic acid groups (broad SMARTS) is 1. The smallest absolute Gasteiger partial charge is 0.322 e. The lowest BCUT2D eigenvalue weighted by atomic mass is 9.92. The SMILES string of the molecule is C=C/C=C\C(=C/C)c1ccc(N2CCC(Cc3nc(C)c(O)c(C(=O)NCC(=O)O)n3)CC2)cc1. The third-order valence-corrected chi connectivity index (χ3v) is 6.09. The molecule has 0 aliphatic carbocycles. The molecule has 1 aliphatic heterocycles. The normalized spacial score (nSPS) is 14.8. The number of aromatic hydroxyl groups is 1. The number of amides is 1. The fourth-order valence-electron chi connectivity index (χ4n) is 4.16. The van der Waals surface area contributed by atoms with Gasteiger partial charge >= 0.3 is 5.97 Å². The molecule has 0 radical (unpaired) electrons. The summed E-state index contributed by atoms with van der Waals surface area (Å²) in [5.41, 5.74) is 3.61. The van der Waals surface area contributed by atoms with Gasteiger partial charge < -0.3 is 20.4 Å². The lowest BCUT2D eigenvalue weighted by Gasteiger charge is -2.33. The van der Waals surface area contributed by atoms with Crippen molar-refractivity contribution < 1.29 is 19.8 Å². The van der Waals surface area contributed by atoms with Crippen molar-refractivity contribution in [3.8, 4) is 5.75 Å². The summed E-state index contributed by atoms with van der Waals surface area (Å²) in [7, 11) is 0. The Labute approximate surface area is 205 Å². The molecule has 1 saturated heterocycles. The van der Waals surface area contributed by atoms with Gasteiger partial charge in [-0.05, 0) is 55.9 Å². The van der Waals surface area contributed by atoms with Crippen LogP contribution < -0.4 is 10.2 Å². The van der Waals surface area contributed by atoms with E-state index in [-0.39, 0.29) is 11.4 Å². The average Bonchev–Trinajstić information content (AvgIpc) is 2.86. The van der Waals surface area contributed by atoms with Crippen molar-refractivity contribution in [3.63, 3.8) is 0 Å².